The van der Waals surface area contributed by atoms with E-state index in [4.69, 9.17) is 32.7 Å². The van der Waals surface area contributed by atoms with Gasteiger partial charge >= 0.3 is 5.97 Å². The fourth-order valence-corrected chi connectivity index (χ4v) is 7.14. The molecule has 4 aromatic carbocycles. The molecule has 0 bridgehead atoms. The maximum atomic E-state index is 13.0. The molecule has 0 aliphatic rings. The van der Waals surface area contributed by atoms with Gasteiger partial charge in [-0.25, -0.2) is 22.0 Å². The number of halogens is 2. The van der Waals surface area contributed by atoms with E-state index in [1.54, 1.807) is 57.7 Å². The van der Waals surface area contributed by atoms with Crippen LogP contribution in [-0.2, 0) is 42.5 Å². The molecule has 2 aromatic heterocycles. The molecule has 0 atom stereocenters. The van der Waals surface area contributed by atoms with E-state index in [0.717, 1.165) is 23.6 Å². The van der Waals surface area contributed by atoms with Crippen LogP contribution in [0.2, 0.25) is 10.0 Å². The van der Waals surface area contributed by atoms with Crippen LogP contribution in [0.5, 0.6) is 11.5 Å². The van der Waals surface area contributed by atoms with Gasteiger partial charge in [0, 0.05) is 17.0 Å². The molecule has 14 nitrogen and oxygen atoms in total. The third kappa shape index (κ3) is 10.0. The van der Waals surface area contributed by atoms with Crippen LogP contribution in [0.25, 0.3) is 43.6 Å². The molecular formula is C37H37Cl2N3O11S2. The first kappa shape index (κ1) is 42.7. The van der Waals surface area contributed by atoms with Gasteiger partial charge in [0.25, 0.3) is 0 Å². The first-order chi connectivity index (χ1) is 25.6. The van der Waals surface area contributed by atoms with Crippen molar-refractivity contribution in [3.63, 3.8) is 0 Å². The second-order valence-corrected chi connectivity index (χ2v) is 17.3. The molecule has 18 heteroatoms. The molecule has 0 amide bonds. The predicted molar refractivity (Wildman–Crippen MR) is 215 cm³/mol. The van der Waals surface area contributed by atoms with Crippen LogP contribution in [-0.4, -0.2) is 75.3 Å². The van der Waals surface area contributed by atoms with Crippen molar-refractivity contribution in [3.8, 4) is 11.5 Å². The number of carbonyl (C=O) groups excluding carboxylic acids is 1. The lowest BCUT2D eigenvalue weighted by atomic mass is 10.1. The van der Waals surface area contributed by atoms with Crippen molar-refractivity contribution < 1.29 is 41.0 Å². The Kier molecular flexibility index (Phi) is 13.0. The molecule has 292 valence electrons. The Bertz CT molecular complexity index is 2860. The fourth-order valence-electron chi connectivity index (χ4n) is 6.01. The number of nitrogens with zero attached hydrogens (tertiary/aromatic N) is 2. The van der Waals surface area contributed by atoms with Crippen LogP contribution >= 0.6 is 23.2 Å². The summed E-state index contributed by atoms with van der Waals surface area (Å²) in [5.74, 6) is -1.53. The number of aryl methyl sites for hydroxylation is 2. The lowest BCUT2D eigenvalue weighted by Gasteiger charge is -2.18. The predicted octanol–water partition coefficient (Wildman–Crippen LogP) is 4.85. The molecular weight excluding hydrogens is 797 g/mol. The normalized spacial score (nSPS) is 11.5. The number of aromatic nitrogens is 2. The van der Waals surface area contributed by atoms with Crippen LogP contribution in [0, 0.1) is 13.8 Å². The molecule has 3 N–H and O–H groups in total. The molecule has 0 saturated carbocycles. The topological polar surface area (TPSA) is 211 Å². The second kappa shape index (κ2) is 16.8. The Labute approximate surface area is 325 Å². The lowest BCUT2D eigenvalue weighted by Crippen LogP contribution is -2.22. The van der Waals surface area contributed by atoms with Gasteiger partial charge in [0.1, 0.15) is 12.3 Å². The van der Waals surface area contributed by atoms with E-state index in [1.165, 1.54) is 14.2 Å². The highest BCUT2D eigenvalue weighted by Gasteiger charge is 2.21. The van der Waals surface area contributed by atoms with Gasteiger partial charge in [0.15, 0.2) is 38.0 Å². The summed E-state index contributed by atoms with van der Waals surface area (Å²) in [5.41, 5.74) is 3.28. The lowest BCUT2D eigenvalue weighted by molar-refractivity contribution is -0.137. The number of fused-ring (bicyclic) bond motifs is 4. The number of methoxy groups -OCH3 is 2. The second-order valence-electron chi connectivity index (χ2n) is 12.7. The molecule has 0 fully saturated rings. The molecule has 0 radical (unpaired) electrons. The summed E-state index contributed by atoms with van der Waals surface area (Å²) < 4.78 is 55.8. The molecule has 6 aromatic rings. The zero-order valence-corrected chi connectivity index (χ0v) is 33.6. The van der Waals surface area contributed by atoms with Crippen LogP contribution < -0.4 is 25.5 Å². The SMILES string of the molecule is COc1c(Cl)ccc2c(=O)c3ccc(C)cc3n(CC(=O)CS(C)(=O)=O)c12.COc1c(Cl)ccc2c(=O)c3ccc(C)cc3n(CC(=O)O)c12.CS(N)(=O)=O. The number of hydrogen-bond donors (Lipinski definition) is 2. The Balaban J connectivity index is 0.000000220. The van der Waals surface area contributed by atoms with Crippen molar-refractivity contribution in [3.05, 3.63) is 102 Å². The molecule has 0 unspecified atom stereocenters. The number of ether oxygens (including phenoxy) is 2. The molecule has 55 heavy (non-hydrogen) atoms. The van der Waals surface area contributed by atoms with E-state index in [2.05, 4.69) is 5.14 Å². The number of carboxylic acids is 1. The molecule has 0 aliphatic carbocycles. The summed E-state index contributed by atoms with van der Waals surface area (Å²) in [7, 11) is -3.77. The number of ketones is 1. The number of benzene rings is 4. The number of primary sulfonamides is 1. The standard InChI is InChI=1S/C19H18ClNO5S.C17H14ClNO4.CH5NO2S/c1-11-4-5-13-16(8-11)21(9-12(22)10-27(3,24)25)17-14(18(13)23)6-7-15(20)19(17)26-2;1-9-3-4-10-13(7-9)19(8-14(20)21)15-11(16(10)22)5-6-12(18)17(15)23-2;1-5(2,3)4/h4-8H,9-10H2,1-3H3;3-7H,8H2,1-2H3,(H,20,21);1H3,(H2,2,3,4). The minimum atomic E-state index is -3.47. The third-order valence-electron chi connectivity index (χ3n) is 8.03. The Morgan fingerprint density at radius 3 is 1.40 bits per heavy atom. The number of pyridine rings is 2. The van der Waals surface area contributed by atoms with E-state index in [1.807, 2.05) is 26.0 Å². The smallest absolute Gasteiger partial charge is 0.323 e. The van der Waals surface area contributed by atoms with E-state index in [-0.39, 0.29) is 29.7 Å². The van der Waals surface area contributed by atoms with Gasteiger partial charge in [0.2, 0.25) is 10.0 Å². The van der Waals surface area contributed by atoms with Crippen molar-refractivity contribution in [2.45, 2.75) is 26.9 Å². The first-order valence-corrected chi connectivity index (χ1v) is 20.8. The summed E-state index contributed by atoms with van der Waals surface area (Å²) in [6.45, 7) is 3.23. The number of rotatable bonds is 8. The number of aliphatic carboxylic acids is 1. The number of nitrogens with two attached hydrogens (primary N) is 1. The highest BCUT2D eigenvalue weighted by atomic mass is 35.5. The van der Waals surface area contributed by atoms with Crippen LogP contribution in [0.15, 0.2) is 70.3 Å². The van der Waals surface area contributed by atoms with E-state index >= 15 is 0 Å². The summed E-state index contributed by atoms with van der Waals surface area (Å²) in [5, 5.41) is 15.9. The summed E-state index contributed by atoms with van der Waals surface area (Å²) in [6.07, 6.45) is 1.95. The average molecular weight is 835 g/mol. The van der Waals surface area contributed by atoms with Crippen molar-refractivity contribution >= 4 is 98.4 Å². The minimum Gasteiger partial charge on any atom is -0.493 e. The Hall–Kier alpha value is -5.00. The largest absolute Gasteiger partial charge is 0.493 e. The zero-order chi connectivity index (χ0) is 41.2. The van der Waals surface area contributed by atoms with Gasteiger partial charge in [-0.2, -0.15) is 0 Å². The number of sulfonamides is 1. The summed E-state index contributed by atoms with van der Waals surface area (Å²) >= 11 is 12.4. The number of carboxylic acid groups (broad SMARTS) is 1. The van der Waals surface area contributed by atoms with Gasteiger partial charge < -0.3 is 23.7 Å². The maximum Gasteiger partial charge on any atom is 0.323 e. The van der Waals surface area contributed by atoms with Crippen LogP contribution in [0.1, 0.15) is 11.1 Å². The van der Waals surface area contributed by atoms with Crippen molar-refractivity contribution in [1.29, 1.82) is 0 Å². The zero-order valence-electron chi connectivity index (χ0n) is 30.5. The van der Waals surface area contributed by atoms with E-state index in [0.29, 0.717) is 59.4 Å². The van der Waals surface area contributed by atoms with E-state index in [9.17, 15) is 41.1 Å². The van der Waals surface area contributed by atoms with Gasteiger partial charge in [-0.1, -0.05) is 35.3 Å². The molecule has 6 rings (SSSR count). The van der Waals surface area contributed by atoms with Crippen molar-refractivity contribution in [2.75, 3.05) is 32.5 Å². The maximum absolute atomic E-state index is 13.0. The van der Waals surface area contributed by atoms with Gasteiger partial charge in [0.05, 0.1) is 69.9 Å². The van der Waals surface area contributed by atoms with Gasteiger partial charge in [-0.05, 0) is 73.5 Å². The summed E-state index contributed by atoms with van der Waals surface area (Å²) in [6, 6.07) is 16.9. The Morgan fingerprint density at radius 2 is 1.05 bits per heavy atom. The third-order valence-corrected chi connectivity index (χ3v) is 9.47. The van der Waals surface area contributed by atoms with Gasteiger partial charge in [-0.3, -0.25) is 19.2 Å². The van der Waals surface area contributed by atoms with Crippen molar-refractivity contribution in [1.82, 2.24) is 9.13 Å². The molecule has 0 saturated heterocycles. The highest BCUT2D eigenvalue weighted by Crippen LogP contribution is 2.35. The molecule has 2 heterocycles. The van der Waals surface area contributed by atoms with E-state index < -0.39 is 37.4 Å². The average Bonchev–Trinajstić information content (AvgIpc) is 3.06. The highest BCUT2D eigenvalue weighted by molar-refractivity contribution is 7.91. The summed E-state index contributed by atoms with van der Waals surface area (Å²) in [4.78, 5) is 49.5. The van der Waals surface area contributed by atoms with Gasteiger partial charge in [-0.15, -0.1) is 0 Å². The number of carbonyl (C=O) groups is 2. The van der Waals surface area contributed by atoms with Crippen molar-refractivity contribution in [2.24, 2.45) is 5.14 Å². The monoisotopic (exact) mass is 833 g/mol. The Morgan fingerprint density at radius 1 is 0.691 bits per heavy atom. The number of sulfone groups is 1. The first-order valence-electron chi connectivity index (χ1n) is 16.0. The minimum absolute atomic E-state index is 0.174. The number of Topliss-reactive ketones (excluding diaryl/α,β-unsaturated/α-hetero) is 1. The quantitative estimate of drug-likeness (QED) is 0.198. The molecule has 0 spiro atoms. The molecule has 0 aliphatic heterocycles. The van der Waals surface area contributed by atoms with Crippen LogP contribution in [0.3, 0.4) is 0 Å². The van der Waals surface area contributed by atoms with Crippen LogP contribution in [0.4, 0.5) is 0 Å². The fraction of sp³-hybridized carbons (Fsp3) is 0.243. The number of hydrogen-bond acceptors (Lipinski definition) is 10.